The van der Waals surface area contributed by atoms with E-state index in [0.717, 1.165) is 61.2 Å². The van der Waals surface area contributed by atoms with Gasteiger partial charge in [-0.3, -0.25) is 4.90 Å². The van der Waals surface area contributed by atoms with Crippen molar-refractivity contribution < 1.29 is 23.4 Å². The van der Waals surface area contributed by atoms with Crippen molar-refractivity contribution in [2.75, 3.05) is 44.8 Å². The molecule has 0 aliphatic carbocycles. The highest BCUT2D eigenvalue weighted by molar-refractivity contribution is 7.20. The predicted molar refractivity (Wildman–Crippen MR) is 152 cm³/mol. The maximum atomic E-state index is 14.2. The van der Waals surface area contributed by atoms with Crippen molar-refractivity contribution in [2.45, 2.75) is 32.2 Å². The van der Waals surface area contributed by atoms with E-state index in [1.807, 2.05) is 18.2 Å². The second kappa shape index (κ2) is 11.8. The molecule has 10 nitrogen and oxygen atoms in total. The second-order valence-electron chi connectivity index (χ2n) is 9.99. The van der Waals surface area contributed by atoms with E-state index in [2.05, 4.69) is 24.2 Å². The summed E-state index contributed by atoms with van der Waals surface area (Å²) in [4.78, 5) is 30.8. The van der Waals surface area contributed by atoms with Crippen molar-refractivity contribution >= 4 is 39.2 Å². The quantitative estimate of drug-likeness (QED) is 0.210. The number of hydrogen-bond donors (Lipinski definition) is 0. The molecule has 212 valence electrons. The highest BCUT2D eigenvalue weighted by Crippen LogP contribution is 2.30. The summed E-state index contributed by atoms with van der Waals surface area (Å²) >= 11 is 1.36. The Bertz CT molecular complexity index is 1600. The normalized spacial score (nSPS) is 17.3. The van der Waals surface area contributed by atoms with Gasteiger partial charge in [-0.2, -0.15) is 4.98 Å². The minimum Gasteiger partial charge on any atom is -0.473 e. The zero-order valence-corrected chi connectivity index (χ0v) is 23.4. The van der Waals surface area contributed by atoms with Crippen molar-refractivity contribution in [3.8, 4) is 5.88 Å². The number of hydrogen-bond acceptors (Lipinski definition) is 9. The maximum absolute atomic E-state index is 14.2. The smallest absolute Gasteiger partial charge is 0.348 e. The molecule has 0 N–H and O–H groups in total. The van der Waals surface area contributed by atoms with Gasteiger partial charge in [-0.1, -0.05) is 18.2 Å². The molecule has 5 heterocycles. The van der Waals surface area contributed by atoms with Crippen LogP contribution in [-0.4, -0.2) is 71.4 Å². The van der Waals surface area contributed by atoms with Crippen LogP contribution in [0.25, 0.3) is 15.2 Å². The summed E-state index contributed by atoms with van der Waals surface area (Å²) in [6.07, 6.45) is 1.19. The molecule has 4 aromatic rings. The molecule has 3 aromatic heterocycles. The molecule has 0 spiro atoms. The van der Waals surface area contributed by atoms with Crippen LogP contribution in [0.15, 0.2) is 42.5 Å². The number of ether oxygens (including phenoxy) is 3. The third kappa shape index (κ3) is 5.88. The van der Waals surface area contributed by atoms with Crippen LogP contribution in [0.2, 0.25) is 0 Å². The van der Waals surface area contributed by atoms with E-state index < -0.39 is 5.82 Å². The number of esters is 1. The van der Waals surface area contributed by atoms with Crippen molar-refractivity contribution in [1.29, 1.82) is 0 Å². The fourth-order valence-electron chi connectivity index (χ4n) is 4.99. The number of aromatic nitrogens is 3. The second-order valence-corrected chi connectivity index (χ2v) is 11.0. The standard InChI is InChI=1S/C29H29FN6O4S/c1-31-20-7-6-19(22(30)14-20)18-40-27-5-3-4-25(32-27)35-11-9-34(10-12-35)17-26-33-28-23(15-24(41-28)29(37)38-2)36(26)16-21-8-13-39-21/h3-7,14-15,21H,8-13,16-18H2,2H3/t21-/m0/s1. The lowest BCUT2D eigenvalue weighted by Crippen LogP contribution is -2.46. The zero-order chi connectivity index (χ0) is 28.3. The van der Waals surface area contributed by atoms with Crippen LogP contribution in [0.3, 0.4) is 0 Å². The number of fused-ring (bicyclic) bond motifs is 1. The zero-order valence-electron chi connectivity index (χ0n) is 22.6. The van der Waals surface area contributed by atoms with Crippen molar-refractivity contribution in [2.24, 2.45) is 0 Å². The van der Waals surface area contributed by atoms with E-state index in [4.69, 9.17) is 25.8 Å². The number of methoxy groups -OCH3 is 1. The molecule has 0 amide bonds. The minimum absolute atomic E-state index is 0.0332. The van der Waals surface area contributed by atoms with Gasteiger partial charge in [0.1, 0.15) is 33.8 Å². The molecular weight excluding hydrogens is 547 g/mol. The summed E-state index contributed by atoms with van der Waals surface area (Å²) in [5, 5.41) is 0. The number of thiophene rings is 1. The first-order valence-electron chi connectivity index (χ1n) is 13.4. The van der Waals surface area contributed by atoms with Crippen LogP contribution in [0, 0.1) is 12.4 Å². The van der Waals surface area contributed by atoms with Gasteiger partial charge < -0.3 is 23.7 Å². The Morgan fingerprint density at radius 2 is 2.02 bits per heavy atom. The van der Waals surface area contributed by atoms with Gasteiger partial charge in [0.2, 0.25) is 5.88 Å². The maximum Gasteiger partial charge on any atom is 0.348 e. The van der Waals surface area contributed by atoms with Gasteiger partial charge in [-0.15, -0.1) is 11.3 Å². The van der Waals surface area contributed by atoms with Crippen LogP contribution in [0.1, 0.15) is 27.5 Å². The first-order chi connectivity index (χ1) is 20.0. The number of benzene rings is 1. The molecule has 0 unspecified atom stereocenters. The Hall–Kier alpha value is -4.05. The highest BCUT2D eigenvalue weighted by atomic mass is 32.1. The van der Waals surface area contributed by atoms with Crippen LogP contribution in [-0.2, 0) is 29.2 Å². The Morgan fingerprint density at radius 3 is 2.73 bits per heavy atom. The number of halogens is 1. The van der Waals surface area contributed by atoms with E-state index in [-0.39, 0.29) is 24.4 Å². The molecule has 2 aliphatic heterocycles. The van der Waals surface area contributed by atoms with Gasteiger partial charge in [0, 0.05) is 44.4 Å². The molecule has 0 bridgehead atoms. The molecule has 6 rings (SSSR count). The lowest BCUT2D eigenvalue weighted by atomic mass is 10.2. The van der Waals surface area contributed by atoms with E-state index in [9.17, 15) is 9.18 Å². The summed E-state index contributed by atoms with van der Waals surface area (Å²) in [6, 6.07) is 11.8. The average Bonchev–Trinajstić information content (AvgIpc) is 3.52. The number of nitrogens with zero attached hydrogens (tertiary/aromatic N) is 6. The number of carbonyl (C=O) groups is 1. The summed E-state index contributed by atoms with van der Waals surface area (Å²) in [5.74, 6) is 1.39. The lowest BCUT2D eigenvalue weighted by Gasteiger charge is -2.35. The lowest BCUT2D eigenvalue weighted by molar-refractivity contribution is -0.0592. The molecule has 1 atom stereocenters. The molecule has 2 saturated heterocycles. The number of piperazine rings is 1. The number of imidazole rings is 1. The third-order valence-electron chi connectivity index (χ3n) is 7.40. The van der Waals surface area contributed by atoms with Gasteiger partial charge in [-0.25, -0.2) is 19.0 Å². The van der Waals surface area contributed by atoms with E-state index in [1.165, 1.54) is 24.5 Å². The third-order valence-corrected chi connectivity index (χ3v) is 8.40. The van der Waals surface area contributed by atoms with E-state index in [0.29, 0.717) is 29.4 Å². The summed E-state index contributed by atoms with van der Waals surface area (Å²) < 4.78 is 32.8. The molecule has 2 aliphatic rings. The number of rotatable bonds is 9. The van der Waals surface area contributed by atoms with Gasteiger partial charge in [-0.05, 0) is 24.6 Å². The highest BCUT2D eigenvalue weighted by Gasteiger charge is 2.26. The number of anilines is 1. The largest absolute Gasteiger partial charge is 0.473 e. The van der Waals surface area contributed by atoms with Crippen LogP contribution >= 0.6 is 11.3 Å². The fraction of sp³-hybridized carbons (Fsp3) is 0.379. The van der Waals surface area contributed by atoms with Gasteiger partial charge in [0.25, 0.3) is 0 Å². The average molecular weight is 577 g/mol. The van der Waals surface area contributed by atoms with Crippen LogP contribution in [0.5, 0.6) is 5.88 Å². The fourth-order valence-corrected chi connectivity index (χ4v) is 5.96. The van der Waals surface area contributed by atoms with Gasteiger partial charge >= 0.3 is 5.97 Å². The Kier molecular flexibility index (Phi) is 7.82. The number of carbonyl (C=O) groups excluding carboxylic acids is 1. The molecular formula is C29H29FN6O4S. The molecule has 0 saturated carbocycles. The summed E-state index contributed by atoms with van der Waals surface area (Å²) in [7, 11) is 1.39. The first-order valence-corrected chi connectivity index (χ1v) is 14.2. The Labute approximate surface area is 240 Å². The molecule has 41 heavy (non-hydrogen) atoms. The molecule has 2 fully saturated rings. The summed E-state index contributed by atoms with van der Waals surface area (Å²) in [5.41, 5.74) is 1.58. The Morgan fingerprint density at radius 1 is 1.20 bits per heavy atom. The van der Waals surface area contributed by atoms with Crippen LogP contribution < -0.4 is 9.64 Å². The van der Waals surface area contributed by atoms with Crippen molar-refractivity contribution in [3.05, 3.63) is 76.0 Å². The van der Waals surface area contributed by atoms with Gasteiger partial charge in [0.05, 0.1) is 38.4 Å². The molecule has 12 heteroatoms. The SMILES string of the molecule is [C-]#[N+]c1ccc(COc2cccc(N3CCN(Cc4nc5sc(C(=O)OC)cc5n4C[C@@H]4CCO4)CC3)n2)c(F)c1. The topological polar surface area (TPSA) is 86.3 Å². The molecule has 0 radical (unpaired) electrons. The van der Waals surface area contributed by atoms with Crippen LogP contribution in [0.4, 0.5) is 15.9 Å². The number of pyridine rings is 1. The first kappa shape index (κ1) is 27.1. The minimum atomic E-state index is -0.463. The molecule has 1 aromatic carbocycles. The van der Waals surface area contributed by atoms with E-state index in [1.54, 1.807) is 18.2 Å². The van der Waals surface area contributed by atoms with Crippen molar-refractivity contribution in [1.82, 2.24) is 19.4 Å². The van der Waals surface area contributed by atoms with E-state index >= 15 is 0 Å². The Balaban J connectivity index is 1.09. The monoisotopic (exact) mass is 576 g/mol. The van der Waals surface area contributed by atoms with Crippen molar-refractivity contribution in [3.63, 3.8) is 0 Å². The summed E-state index contributed by atoms with van der Waals surface area (Å²) in [6.45, 7) is 12.5. The van der Waals surface area contributed by atoms with Gasteiger partial charge in [0.15, 0.2) is 5.69 Å². The predicted octanol–water partition coefficient (Wildman–Crippen LogP) is 4.66.